The van der Waals surface area contributed by atoms with Crippen LogP contribution in [0.3, 0.4) is 0 Å². The Balaban J connectivity index is 2.46. The van der Waals surface area contributed by atoms with Gasteiger partial charge < -0.3 is 4.74 Å². The van der Waals surface area contributed by atoms with Crippen molar-refractivity contribution in [1.29, 1.82) is 5.26 Å². The summed E-state index contributed by atoms with van der Waals surface area (Å²) in [7, 11) is -3.90. The van der Waals surface area contributed by atoms with Crippen molar-refractivity contribution < 1.29 is 13.2 Å². The van der Waals surface area contributed by atoms with Crippen molar-refractivity contribution in [3.63, 3.8) is 0 Å². The molecule has 0 heterocycles. The van der Waals surface area contributed by atoms with Crippen LogP contribution in [0.15, 0.2) is 47.4 Å². The second-order valence-corrected chi connectivity index (χ2v) is 6.32. The third-order valence-electron chi connectivity index (χ3n) is 2.81. The average Bonchev–Trinajstić information content (AvgIpc) is 2.48. The van der Waals surface area contributed by atoms with Gasteiger partial charge in [-0.1, -0.05) is 29.8 Å². The number of benzene rings is 2. The predicted molar refractivity (Wildman–Crippen MR) is 84.6 cm³/mol. The zero-order valence-electron chi connectivity index (χ0n) is 11.7. The molecule has 0 saturated carbocycles. The van der Waals surface area contributed by atoms with E-state index in [9.17, 15) is 8.42 Å². The molecule has 0 radical (unpaired) electrons. The molecule has 0 aliphatic heterocycles. The summed E-state index contributed by atoms with van der Waals surface area (Å²) in [5.41, 5.74) is 0.197. The normalized spacial score (nSPS) is 10.8. The maximum Gasteiger partial charge on any atom is 0.265 e. The summed E-state index contributed by atoms with van der Waals surface area (Å²) in [6.07, 6.45) is 0. The fourth-order valence-electron chi connectivity index (χ4n) is 1.87. The highest BCUT2D eigenvalue weighted by molar-refractivity contribution is 7.92. The Kier molecular flexibility index (Phi) is 4.91. The first-order valence-corrected chi connectivity index (χ1v) is 8.29. The molecule has 2 rings (SSSR count). The number of nitriles is 1. The van der Waals surface area contributed by atoms with Crippen molar-refractivity contribution in [2.24, 2.45) is 0 Å². The first-order valence-electron chi connectivity index (χ1n) is 6.43. The van der Waals surface area contributed by atoms with Gasteiger partial charge in [0.2, 0.25) is 0 Å². The van der Waals surface area contributed by atoms with E-state index >= 15 is 0 Å². The van der Waals surface area contributed by atoms with Gasteiger partial charge in [0.15, 0.2) is 0 Å². The van der Waals surface area contributed by atoms with Crippen LogP contribution in [0, 0.1) is 11.3 Å². The summed E-state index contributed by atoms with van der Waals surface area (Å²) in [5.74, 6) is 0.248. The van der Waals surface area contributed by atoms with Gasteiger partial charge >= 0.3 is 0 Å². The van der Waals surface area contributed by atoms with Gasteiger partial charge in [-0.2, -0.15) is 5.26 Å². The molecule has 2 aromatic carbocycles. The lowest BCUT2D eigenvalue weighted by molar-refractivity contribution is 0.331. The highest BCUT2D eigenvalue weighted by Crippen LogP contribution is 2.29. The first-order chi connectivity index (χ1) is 10.5. The number of sulfonamides is 1. The van der Waals surface area contributed by atoms with Crippen molar-refractivity contribution in [2.75, 3.05) is 11.3 Å². The molecule has 0 unspecified atom stereocenters. The third-order valence-corrected chi connectivity index (χ3v) is 4.53. The van der Waals surface area contributed by atoms with Gasteiger partial charge in [-0.15, -0.1) is 0 Å². The molecule has 0 bridgehead atoms. The van der Waals surface area contributed by atoms with Crippen molar-refractivity contribution in [3.8, 4) is 11.8 Å². The van der Waals surface area contributed by atoms with Crippen LogP contribution in [0.1, 0.15) is 12.5 Å². The average molecular weight is 337 g/mol. The molecule has 1 N–H and O–H groups in total. The topological polar surface area (TPSA) is 79.2 Å². The molecule has 0 atom stereocenters. The van der Waals surface area contributed by atoms with Crippen molar-refractivity contribution in [1.82, 2.24) is 0 Å². The lowest BCUT2D eigenvalue weighted by Gasteiger charge is -2.13. The number of hydrogen-bond donors (Lipinski definition) is 1. The molecule has 7 heteroatoms. The molecular weight excluding hydrogens is 324 g/mol. The molecule has 5 nitrogen and oxygen atoms in total. The Morgan fingerprint density at radius 1 is 1.23 bits per heavy atom. The maximum atomic E-state index is 12.5. The van der Waals surface area contributed by atoms with Crippen molar-refractivity contribution in [2.45, 2.75) is 11.8 Å². The summed E-state index contributed by atoms with van der Waals surface area (Å²) < 4.78 is 32.8. The predicted octanol–water partition coefficient (Wildman–Crippen LogP) is 3.41. The van der Waals surface area contributed by atoms with Crippen LogP contribution >= 0.6 is 11.6 Å². The minimum absolute atomic E-state index is 0.000662. The van der Waals surface area contributed by atoms with E-state index in [1.54, 1.807) is 31.2 Å². The van der Waals surface area contributed by atoms with E-state index in [4.69, 9.17) is 21.6 Å². The van der Waals surface area contributed by atoms with Gasteiger partial charge in [-0.05, 0) is 31.2 Å². The molecule has 0 aromatic heterocycles. The van der Waals surface area contributed by atoms with E-state index in [1.165, 1.54) is 18.2 Å². The number of hydrogen-bond acceptors (Lipinski definition) is 4. The third kappa shape index (κ3) is 3.32. The number of nitrogens with one attached hydrogen (secondary N) is 1. The lowest BCUT2D eigenvalue weighted by atomic mass is 10.2. The molecule has 0 aliphatic carbocycles. The molecule has 0 fully saturated rings. The number of nitrogens with zero attached hydrogens (tertiary/aromatic N) is 1. The maximum absolute atomic E-state index is 12.5. The number of anilines is 1. The van der Waals surface area contributed by atoms with E-state index in [0.29, 0.717) is 6.61 Å². The molecule has 22 heavy (non-hydrogen) atoms. The number of rotatable bonds is 5. The number of ether oxygens (including phenoxy) is 1. The van der Waals surface area contributed by atoms with Gasteiger partial charge in [0.1, 0.15) is 16.7 Å². The van der Waals surface area contributed by atoms with E-state index in [-0.39, 0.29) is 26.9 Å². The fraction of sp³-hybridized carbons (Fsp3) is 0.133. The zero-order valence-corrected chi connectivity index (χ0v) is 13.3. The van der Waals surface area contributed by atoms with Gasteiger partial charge in [-0.3, -0.25) is 4.72 Å². The quantitative estimate of drug-likeness (QED) is 0.907. The Morgan fingerprint density at radius 2 is 1.95 bits per heavy atom. The Bertz CT molecular complexity index is 829. The van der Waals surface area contributed by atoms with Crippen LogP contribution in [-0.4, -0.2) is 15.0 Å². The van der Waals surface area contributed by atoms with Gasteiger partial charge in [0, 0.05) is 0 Å². The van der Waals surface area contributed by atoms with Crippen LogP contribution in [0.5, 0.6) is 5.75 Å². The summed E-state index contributed by atoms with van der Waals surface area (Å²) in [5, 5.41) is 9.29. The van der Waals surface area contributed by atoms with Crippen LogP contribution < -0.4 is 9.46 Å². The summed E-state index contributed by atoms with van der Waals surface area (Å²) in [6.45, 7) is 2.11. The first kappa shape index (κ1) is 16.1. The van der Waals surface area contributed by atoms with E-state index in [2.05, 4.69) is 4.72 Å². The van der Waals surface area contributed by atoms with Gasteiger partial charge in [0.05, 0.1) is 22.9 Å². The van der Waals surface area contributed by atoms with E-state index in [1.807, 2.05) is 6.07 Å². The molecular formula is C15H13ClN2O3S. The van der Waals surface area contributed by atoms with Crippen molar-refractivity contribution in [3.05, 3.63) is 53.1 Å². The smallest absolute Gasteiger partial charge is 0.265 e. The highest BCUT2D eigenvalue weighted by atomic mass is 35.5. The summed E-state index contributed by atoms with van der Waals surface area (Å²) in [4.78, 5) is 0.000662. The van der Waals surface area contributed by atoms with Crippen molar-refractivity contribution >= 4 is 27.3 Å². The molecule has 0 aliphatic rings. The van der Waals surface area contributed by atoms with Crippen LogP contribution in [0.4, 0.5) is 5.69 Å². The minimum atomic E-state index is -3.90. The zero-order chi connectivity index (χ0) is 16.2. The summed E-state index contributed by atoms with van der Waals surface area (Å²) in [6, 6.07) is 12.7. The minimum Gasteiger partial charge on any atom is -0.492 e. The SMILES string of the molecule is CCOc1ccccc1S(=O)(=O)Nc1cccc(Cl)c1C#N. The lowest BCUT2D eigenvalue weighted by Crippen LogP contribution is -2.15. The van der Waals surface area contributed by atoms with E-state index < -0.39 is 10.0 Å². The van der Waals surface area contributed by atoms with Crippen LogP contribution in [0.2, 0.25) is 5.02 Å². The number of para-hydroxylation sites is 1. The monoisotopic (exact) mass is 336 g/mol. The molecule has 2 aromatic rings. The second kappa shape index (κ2) is 6.69. The second-order valence-electron chi connectivity index (χ2n) is 4.26. The largest absolute Gasteiger partial charge is 0.492 e. The molecule has 0 amide bonds. The highest BCUT2D eigenvalue weighted by Gasteiger charge is 2.21. The van der Waals surface area contributed by atoms with Crippen LogP contribution in [-0.2, 0) is 10.0 Å². The van der Waals surface area contributed by atoms with E-state index in [0.717, 1.165) is 0 Å². The standard InChI is InChI=1S/C15H13ClN2O3S/c1-2-21-14-8-3-4-9-15(14)22(19,20)18-13-7-5-6-12(16)11(13)10-17/h3-9,18H,2H2,1H3. The molecule has 0 saturated heterocycles. The Hall–Kier alpha value is -2.23. The molecule has 114 valence electrons. The molecule has 0 spiro atoms. The Labute approximate surface area is 134 Å². The van der Waals surface area contributed by atoms with Gasteiger partial charge in [0.25, 0.3) is 10.0 Å². The summed E-state index contributed by atoms with van der Waals surface area (Å²) >= 11 is 5.90. The van der Waals surface area contributed by atoms with Crippen LogP contribution in [0.25, 0.3) is 0 Å². The Morgan fingerprint density at radius 3 is 2.64 bits per heavy atom. The van der Waals surface area contributed by atoms with Gasteiger partial charge in [-0.25, -0.2) is 8.42 Å². The fourth-order valence-corrected chi connectivity index (χ4v) is 3.31. The number of halogens is 1.